The molecule has 108 valence electrons. The summed E-state index contributed by atoms with van der Waals surface area (Å²) in [6, 6.07) is 2.12. The summed E-state index contributed by atoms with van der Waals surface area (Å²) in [6.07, 6.45) is 0.150. The van der Waals surface area contributed by atoms with Gasteiger partial charge in [0.15, 0.2) is 0 Å². The molecule has 0 aromatic carbocycles. The second-order valence-corrected chi connectivity index (χ2v) is 7.84. The van der Waals surface area contributed by atoms with Crippen LogP contribution in [0.5, 0.6) is 0 Å². The zero-order valence-electron chi connectivity index (χ0n) is 11.2. The van der Waals surface area contributed by atoms with E-state index < -0.39 is 10.0 Å². The van der Waals surface area contributed by atoms with E-state index in [2.05, 4.69) is 6.07 Å². The second kappa shape index (κ2) is 5.16. The van der Waals surface area contributed by atoms with Gasteiger partial charge >= 0.3 is 0 Å². The summed E-state index contributed by atoms with van der Waals surface area (Å²) in [4.78, 5) is 14.5. The summed E-state index contributed by atoms with van der Waals surface area (Å²) in [6.45, 7) is 4.03. The van der Waals surface area contributed by atoms with Crippen LogP contribution in [0.3, 0.4) is 0 Å². The summed E-state index contributed by atoms with van der Waals surface area (Å²) in [7, 11) is -3.60. The van der Waals surface area contributed by atoms with Crippen molar-refractivity contribution < 1.29 is 13.2 Å². The number of nitrogens with zero attached hydrogens (tertiary/aromatic N) is 2. The van der Waals surface area contributed by atoms with Crippen LogP contribution in [-0.4, -0.2) is 26.6 Å². The van der Waals surface area contributed by atoms with Gasteiger partial charge < -0.3 is 4.90 Å². The number of hydrogen-bond acceptors (Lipinski definition) is 5. The molecule has 2 heterocycles. The third kappa shape index (κ3) is 2.85. The fourth-order valence-electron chi connectivity index (χ4n) is 2.35. The molecular weight excluding hydrogens is 298 g/mol. The Morgan fingerprint density at radius 3 is 2.70 bits per heavy atom. The molecule has 0 aliphatic carbocycles. The van der Waals surface area contributed by atoms with Gasteiger partial charge in [-0.1, -0.05) is 0 Å². The molecule has 0 saturated carbocycles. The molecule has 1 fully saturated rings. The first-order chi connectivity index (χ1) is 9.23. The van der Waals surface area contributed by atoms with Gasteiger partial charge in [-0.2, -0.15) is 5.26 Å². The van der Waals surface area contributed by atoms with Crippen LogP contribution in [0.4, 0.5) is 5.00 Å². The number of thiophene rings is 1. The van der Waals surface area contributed by atoms with Crippen LogP contribution in [-0.2, 0) is 14.8 Å². The van der Waals surface area contributed by atoms with Crippen molar-refractivity contribution in [2.45, 2.75) is 20.3 Å². The third-order valence-corrected chi connectivity index (χ3v) is 5.56. The number of sulfonamides is 1. The Hall–Kier alpha value is -1.43. The van der Waals surface area contributed by atoms with Gasteiger partial charge in [-0.05, 0) is 19.4 Å². The molecule has 0 radical (unpaired) electrons. The Balaban J connectivity index is 2.29. The smallest absolute Gasteiger partial charge is 0.228 e. The minimum Gasteiger partial charge on any atom is -0.302 e. The Bertz CT molecular complexity index is 700. The number of hydrogen-bond donors (Lipinski definition) is 1. The van der Waals surface area contributed by atoms with E-state index in [1.807, 2.05) is 13.8 Å². The third-order valence-electron chi connectivity index (χ3n) is 3.40. The maximum atomic E-state index is 12.0. The Morgan fingerprint density at radius 1 is 1.50 bits per heavy atom. The van der Waals surface area contributed by atoms with Crippen molar-refractivity contribution in [2.75, 3.05) is 17.2 Å². The Kier molecular flexibility index (Phi) is 3.86. The molecule has 2 N–H and O–H groups in total. The molecule has 8 heteroatoms. The summed E-state index contributed by atoms with van der Waals surface area (Å²) in [5, 5.41) is 14.9. The molecule has 0 spiro atoms. The SMILES string of the molecule is Cc1sc(N2CC(CS(N)(=O)=O)CC2=O)c(C#N)c1C. The molecule has 1 aromatic heterocycles. The zero-order valence-corrected chi connectivity index (χ0v) is 12.8. The van der Waals surface area contributed by atoms with Crippen molar-refractivity contribution in [3.63, 3.8) is 0 Å². The quantitative estimate of drug-likeness (QED) is 0.894. The molecule has 1 unspecified atom stereocenters. The van der Waals surface area contributed by atoms with Crippen molar-refractivity contribution in [1.82, 2.24) is 0 Å². The minimum absolute atomic E-state index is 0.150. The minimum atomic E-state index is -3.60. The van der Waals surface area contributed by atoms with Crippen LogP contribution < -0.4 is 10.0 Å². The van der Waals surface area contributed by atoms with E-state index in [4.69, 9.17) is 5.14 Å². The molecule has 0 bridgehead atoms. The molecule has 1 saturated heterocycles. The van der Waals surface area contributed by atoms with Gasteiger partial charge in [0.25, 0.3) is 0 Å². The fraction of sp³-hybridized carbons (Fsp3) is 0.500. The summed E-state index contributed by atoms with van der Waals surface area (Å²) >= 11 is 1.39. The number of anilines is 1. The van der Waals surface area contributed by atoms with Gasteiger partial charge in [0, 0.05) is 23.8 Å². The predicted molar refractivity (Wildman–Crippen MR) is 76.9 cm³/mol. The lowest BCUT2D eigenvalue weighted by Crippen LogP contribution is -2.27. The lowest BCUT2D eigenvalue weighted by Gasteiger charge is -2.15. The molecule has 6 nitrogen and oxygen atoms in total. The van der Waals surface area contributed by atoms with Crippen LogP contribution in [0.2, 0.25) is 0 Å². The van der Waals surface area contributed by atoms with Crippen molar-refractivity contribution in [1.29, 1.82) is 5.26 Å². The highest BCUT2D eigenvalue weighted by atomic mass is 32.2. The van der Waals surface area contributed by atoms with Gasteiger partial charge in [0.2, 0.25) is 15.9 Å². The summed E-state index contributed by atoms with van der Waals surface area (Å²) in [5.74, 6) is -0.677. The Morgan fingerprint density at radius 2 is 2.15 bits per heavy atom. The van der Waals surface area contributed by atoms with E-state index in [-0.39, 0.29) is 24.0 Å². The van der Waals surface area contributed by atoms with E-state index in [0.717, 1.165) is 10.4 Å². The lowest BCUT2D eigenvalue weighted by atomic mass is 10.1. The van der Waals surface area contributed by atoms with Gasteiger partial charge in [-0.15, -0.1) is 11.3 Å². The number of nitrogens with two attached hydrogens (primary N) is 1. The number of carbonyl (C=O) groups is 1. The molecule has 20 heavy (non-hydrogen) atoms. The highest BCUT2D eigenvalue weighted by Crippen LogP contribution is 2.37. The fourth-order valence-corrected chi connectivity index (χ4v) is 4.36. The highest BCUT2D eigenvalue weighted by molar-refractivity contribution is 7.89. The highest BCUT2D eigenvalue weighted by Gasteiger charge is 2.35. The average Bonchev–Trinajstić information content (AvgIpc) is 2.79. The van der Waals surface area contributed by atoms with E-state index in [1.54, 1.807) is 0 Å². The molecule has 1 amide bonds. The zero-order chi connectivity index (χ0) is 15.1. The van der Waals surface area contributed by atoms with Gasteiger partial charge in [-0.3, -0.25) is 4.79 Å². The topological polar surface area (TPSA) is 104 Å². The van der Waals surface area contributed by atoms with Crippen LogP contribution in [0.25, 0.3) is 0 Å². The largest absolute Gasteiger partial charge is 0.302 e. The number of primary sulfonamides is 1. The first-order valence-corrected chi connectivity index (χ1v) is 8.57. The number of nitriles is 1. The van der Waals surface area contributed by atoms with Gasteiger partial charge in [0.1, 0.15) is 11.1 Å². The van der Waals surface area contributed by atoms with Crippen molar-refractivity contribution in [2.24, 2.45) is 11.1 Å². The molecule has 1 aliphatic heterocycles. The normalized spacial score (nSPS) is 19.4. The maximum Gasteiger partial charge on any atom is 0.228 e. The second-order valence-electron chi connectivity index (χ2n) is 4.98. The van der Waals surface area contributed by atoms with Crippen LogP contribution in [0.1, 0.15) is 22.4 Å². The lowest BCUT2D eigenvalue weighted by molar-refractivity contribution is -0.117. The molecule has 1 aliphatic rings. The first-order valence-electron chi connectivity index (χ1n) is 6.04. The predicted octanol–water partition coefficient (Wildman–Crippen LogP) is 0.878. The van der Waals surface area contributed by atoms with E-state index >= 15 is 0 Å². The van der Waals surface area contributed by atoms with Gasteiger partial charge in [0.05, 0.1) is 11.3 Å². The molecule has 2 rings (SSSR count). The van der Waals surface area contributed by atoms with Crippen molar-refractivity contribution >= 4 is 32.3 Å². The average molecular weight is 313 g/mol. The summed E-state index contributed by atoms with van der Waals surface area (Å²) in [5.41, 5.74) is 1.37. The number of aryl methyl sites for hydroxylation is 1. The molecule has 1 atom stereocenters. The van der Waals surface area contributed by atoms with E-state index in [1.165, 1.54) is 16.2 Å². The number of rotatable bonds is 3. The molecular formula is C12H15N3O3S2. The number of amides is 1. The maximum absolute atomic E-state index is 12.0. The van der Waals surface area contributed by atoms with Crippen LogP contribution in [0.15, 0.2) is 0 Å². The van der Waals surface area contributed by atoms with Crippen molar-refractivity contribution in [3.8, 4) is 6.07 Å². The van der Waals surface area contributed by atoms with E-state index in [9.17, 15) is 18.5 Å². The van der Waals surface area contributed by atoms with Gasteiger partial charge in [-0.25, -0.2) is 13.6 Å². The summed E-state index contributed by atoms with van der Waals surface area (Å²) < 4.78 is 22.2. The van der Waals surface area contributed by atoms with Crippen LogP contribution >= 0.6 is 11.3 Å². The molecule has 1 aromatic rings. The standard InChI is InChI=1S/C12H15N3O3S2/c1-7-8(2)19-12(10(7)4-13)15-5-9(3-11(15)16)6-20(14,17)18/h9H,3,5-6H2,1-2H3,(H2,14,17,18). The Labute approximate surface area is 121 Å². The monoisotopic (exact) mass is 313 g/mol. The van der Waals surface area contributed by atoms with Crippen molar-refractivity contribution in [3.05, 3.63) is 16.0 Å². The number of carbonyl (C=O) groups excluding carboxylic acids is 1. The van der Waals surface area contributed by atoms with Crippen LogP contribution in [0, 0.1) is 31.1 Å². The first kappa shape index (κ1) is 15.0. The van der Waals surface area contributed by atoms with E-state index in [0.29, 0.717) is 17.1 Å².